The molecule has 15 heavy (non-hydrogen) atoms. The van der Waals surface area contributed by atoms with E-state index in [1.165, 1.54) is 24.3 Å². The van der Waals surface area contributed by atoms with Gasteiger partial charge in [0.05, 0.1) is 6.04 Å². The molecule has 0 aliphatic rings. The Morgan fingerprint density at radius 3 is 2.13 bits per heavy atom. The van der Waals surface area contributed by atoms with Crippen molar-refractivity contribution in [2.24, 2.45) is 11.1 Å². The third-order valence-electron chi connectivity index (χ3n) is 2.34. The molecule has 0 aliphatic heterocycles. The minimum Gasteiger partial charge on any atom is -0.321 e. The predicted molar refractivity (Wildman–Crippen MR) is 58.2 cm³/mol. The average Bonchev–Trinajstić information content (AvgIpc) is 2.15. The molecule has 1 rings (SSSR count). The van der Waals surface area contributed by atoms with Crippen molar-refractivity contribution in [1.29, 1.82) is 0 Å². The quantitative estimate of drug-likeness (QED) is 0.760. The third kappa shape index (κ3) is 2.86. The van der Waals surface area contributed by atoms with Crippen molar-refractivity contribution in [1.82, 2.24) is 0 Å². The highest BCUT2D eigenvalue weighted by molar-refractivity contribution is 6.00. The van der Waals surface area contributed by atoms with Gasteiger partial charge >= 0.3 is 0 Å². The van der Waals surface area contributed by atoms with Crippen LogP contribution < -0.4 is 5.73 Å². The Balaban J connectivity index is 2.90. The van der Waals surface area contributed by atoms with Crippen LogP contribution in [0.3, 0.4) is 0 Å². The lowest BCUT2D eigenvalue weighted by atomic mass is 9.83. The van der Waals surface area contributed by atoms with Crippen LogP contribution in [0.5, 0.6) is 0 Å². The number of ketones is 1. The van der Waals surface area contributed by atoms with E-state index in [1.54, 1.807) is 0 Å². The standard InChI is InChI=1S/C12H16FNO/c1-12(2,3)11(14)10(15)8-4-6-9(13)7-5-8/h4-7,11H,14H2,1-3H3. The van der Waals surface area contributed by atoms with Crippen molar-refractivity contribution < 1.29 is 9.18 Å². The zero-order valence-corrected chi connectivity index (χ0v) is 9.25. The van der Waals surface area contributed by atoms with Crippen molar-refractivity contribution >= 4 is 5.78 Å². The van der Waals surface area contributed by atoms with Gasteiger partial charge in [0.2, 0.25) is 0 Å². The maximum absolute atomic E-state index is 12.6. The Morgan fingerprint density at radius 1 is 1.27 bits per heavy atom. The molecule has 0 heterocycles. The van der Waals surface area contributed by atoms with Crippen molar-refractivity contribution in [3.8, 4) is 0 Å². The van der Waals surface area contributed by atoms with Crippen molar-refractivity contribution in [3.05, 3.63) is 35.6 Å². The zero-order chi connectivity index (χ0) is 11.6. The van der Waals surface area contributed by atoms with E-state index in [1.807, 2.05) is 20.8 Å². The van der Waals surface area contributed by atoms with Gasteiger partial charge in [0, 0.05) is 5.56 Å². The number of hydrogen-bond donors (Lipinski definition) is 1. The summed E-state index contributed by atoms with van der Waals surface area (Å²) >= 11 is 0. The number of halogens is 1. The van der Waals surface area contributed by atoms with Crippen LogP contribution in [0.4, 0.5) is 4.39 Å². The van der Waals surface area contributed by atoms with Crippen LogP contribution in [0, 0.1) is 11.2 Å². The molecule has 0 amide bonds. The summed E-state index contributed by atoms with van der Waals surface area (Å²) in [5.41, 5.74) is 5.99. The van der Waals surface area contributed by atoms with Gasteiger partial charge in [0.15, 0.2) is 5.78 Å². The largest absolute Gasteiger partial charge is 0.321 e. The molecule has 1 atom stereocenters. The molecule has 82 valence electrons. The van der Waals surface area contributed by atoms with Crippen molar-refractivity contribution in [3.63, 3.8) is 0 Å². The fourth-order valence-electron chi connectivity index (χ4n) is 1.19. The number of Topliss-reactive ketones (excluding diaryl/α,β-unsaturated/α-hetero) is 1. The summed E-state index contributed by atoms with van der Waals surface area (Å²) in [6.07, 6.45) is 0. The topological polar surface area (TPSA) is 43.1 Å². The average molecular weight is 209 g/mol. The SMILES string of the molecule is CC(C)(C)C(N)C(=O)c1ccc(F)cc1. The fraction of sp³-hybridized carbons (Fsp3) is 0.417. The molecular formula is C12H16FNO. The van der Waals surface area contributed by atoms with E-state index in [2.05, 4.69) is 0 Å². The summed E-state index contributed by atoms with van der Waals surface area (Å²) in [6, 6.07) is 4.89. The van der Waals surface area contributed by atoms with Gasteiger partial charge in [0.25, 0.3) is 0 Å². The van der Waals surface area contributed by atoms with Crippen LogP contribution in [0.15, 0.2) is 24.3 Å². The molecule has 2 N–H and O–H groups in total. The minimum absolute atomic E-state index is 0.150. The van der Waals surface area contributed by atoms with Crippen LogP contribution in [-0.4, -0.2) is 11.8 Å². The summed E-state index contributed by atoms with van der Waals surface area (Å²) in [5.74, 6) is -0.501. The highest BCUT2D eigenvalue weighted by Gasteiger charge is 2.27. The lowest BCUT2D eigenvalue weighted by Crippen LogP contribution is -2.42. The summed E-state index contributed by atoms with van der Waals surface area (Å²) in [7, 11) is 0. The predicted octanol–water partition coefficient (Wildman–Crippen LogP) is 2.38. The van der Waals surface area contributed by atoms with E-state index in [9.17, 15) is 9.18 Å². The first-order chi connectivity index (χ1) is 6.82. The number of nitrogens with two attached hydrogens (primary N) is 1. The van der Waals surface area contributed by atoms with E-state index < -0.39 is 6.04 Å². The van der Waals surface area contributed by atoms with E-state index in [0.29, 0.717) is 5.56 Å². The summed E-state index contributed by atoms with van der Waals surface area (Å²) in [4.78, 5) is 11.9. The van der Waals surface area contributed by atoms with E-state index in [-0.39, 0.29) is 17.0 Å². The molecule has 0 fully saturated rings. The van der Waals surface area contributed by atoms with Crippen LogP contribution in [0.2, 0.25) is 0 Å². The first-order valence-corrected chi connectivity index (χ1v) is 4.88. The Labute approximate surface area is 89.3 Å². The minimum atomic E-state index is -0.567. The first-order valence-electron chi connectivity index (χ1n) is 4.88. The second-order valence-corrected chi connectivity index (χ2v) is 4.71. The maximum atomic E-state index is 12.6. The van der Waals surface area contributed by atoms with Gasteiger partial charge in [-0.15, -0.1) is 0 Å². The van der Waals surface area contributed by atoms with E-state index >= 15 is 0 Å². The number of carbonyl (C=O) groups excluding carboxylic acids is 1. The first kappa shape index (κ1) is 11.9. The van der Waals surface area contributed by atoms with Gasteiger partial charge in [-0.05, 0) is 29.7 Å². The molecule has 0 bridgehead atoms. The zero-order valence-electron chi connectivity index (χ0n) is 9.25. The van der Waals surface area contributed by atoms with Gasteiger partial charge in [-0.1, -0.05) is 20.8 Å². The monoisotopic (exact) mass is 209 g/mol. The lowest BCUT2D eigenvalue weighted by Gasteiger charge is -2.25. The normalized spacial score (nSPS) is 13.7. The summed E-state index contributed by atoms with van der Waals surface area (Å²) in [6.45, 7) is 5.71. The smallest absolute Gasteiger partial charge is 0.180 e. The van der Waals surface area contributed by atoms with E-state index in [4.69, 9.17) is 5.73 Å². The Morgan fingerprint density at radius 2 is 1.73 bits per heavy atom. The number of rotatable bonds is 2. The molecule has 0 spiro atoms. The highest BCUT2D eigenvalue weighted by Crippen LogP contribution is 2.20. The van der Waals surface area contributed by atoms with Gasteiger partial charge in [0.1, 0.15) is 5.82 Å². The molecule has 0 aromatic heterocycles. The Hall–Kier alpha value is -1.22. The molecule has 1 aromatic rings. The maximum Gasteiger partial charge on any atom is 0.180 e. The van der Waals surface area contributed by atoms with Crippen LogP contribution >= 0.6 is 0 Å². The molecule has 0 saturated heterocycles. The summed E-state index contributed by atoms with van der Waals surface area (Å²) in [5, 5.41) is 0. The van der Waals surface area contributed by atoms with Crippen LogP contribution in [0.25, 0.3) is 0 Å². The Bertz CT molecular complexity index is 351. The number of benzene rings is 1. The van der Waals surface area contributed by atoms with Gasteiger partial charge in [-0.25, -0.2) is 4.39 Å². The van der Waals surface area contributed by atoms with E-state index in [0.717, 1.165) is 0 Å². The molecule has 1 unspecified atom stereocenters. The molecule has 0 saturated carbocycles. The highest BCUT2D eigenvalue weighted by atomic mass is 19.1. The van der Waals surface area contributed by atoms with Crippen molar-refractivity contribution in [2.75, 3.05) is 0 Å². The molecule has 0 aliphatic carbocycles. The third-order valence-corrected chi connectivity index (χ3v) is 2.34. The summed E-state index contributed by atoms with van der Waals surface area (Å²) < 4.78 is 12.6. The second kappa shape index (κ2) is 4.11. The molecule has 0 radical (unpaired) electrons. The Kier molecular flexibility index (Phi) is 3.25. The molecular weight excluding hydrogens is 193 g/mol. The van der Waals surface area contributed by atoms with Gasteiger partial charge in [-0.2, -0.15) is 0 Å². The second-order valence-electron chi connectivity index (χ2n) is 4.71. The van der Waals surface area contributed by atoms with Gasteiger partial charge < -0.3 is 5.73 Å². The molecule has 1 aromatic carbocycles. The number of hydrogen-bond acceptors (Lipinski definition) is 2. The van der Waals surface area contributed by atoms with Gasteiger partial charge in [-0.3, -0.25) is 4.79 Å². The molecule has 3 heteroatoms. The lowest BCUT2D eigenvalue weighted by molar-refractivity contribution is 0.0901. The van der Waals surface area contributed by atoms with Crippen LogP contribution in [0.1, 0.15) is 31.1 Å². The fourth-order valence-corrected chi connectivity index (χ4v) is 1.19. The van der Waals surface area contributed by atoms with Crippen molar-refractivity contribution in [2.45, 2.75) is 26.8 Å². The molecule has 2 nitrogen and oxygen atoms in total. The number of carbonyl (C=O) groups is 1. The van der Waals surface area contributed by atoms with Crippen LogP contribution in [-0.2, 0) is 0 Å².